The van der Waals surface area contributed by atoms with Crippen molar-refractivity contribution >= 4 is 23.6 Å². The van der Waals surface area contributed by atoms with Crippen molar-refractivity contribution < 1.29 is 42.9 Å². The first-order valence-corrected chi connectivity index (χ1v) is 15.3. The first kappa shape index (κ1) is 37.1. The Kier molecular flexibility index (Phi) is 13.4. The summed E-state index contributed by atoms with van der Waals surface area (Å²) in [6.45, 7) is 7.06. The molecule has 2 aliphatic rings. The molecule has 1 aromatic carbocycles. The highest BCUT2D eigenvalue weighted by Crippen LogP contribution is 2.29. The van der Waals surface area contributed by atoms with E-state index in [4.69, 9.17) is 19.9 Å². The molecule has 0 saturated heterocycles. The molecule has 1 aliphatic heterocycles. The largest absolute Gasteiger partial charge is 0.439 e. The number of methoxy groups -OCH3 is 2. The Bertz CT molecular complexity index is 1490. The third-order valence-corrected chi connectivity index (χ3v) is 8.18. The molecule has 0 aromatic heterocycles. The van der Waals surface area contributed by atoms with E-state index in [1.165, 1.54) is 45.4 Å². The minimum Gasteiger partial charge on any atom is -0.439 e. The number of fused-ring (bicyclic) bond motifs is 2. The standard InChI is InChI=1S/C35H44FN3O8/c1-19-14-25-30(38-18-23-10-12-24(36)13-11-23)27(40)17-26(32(25)42)39-34(43)20(2)8-7-9-28(45-5)33(47-35(37)44)22(4)16-21(3)31(41)29(15-19)46-6/h7-13,16-17,19,21,28-29,31,33,38,41H,14-15,18H2,1-6H3,(H2,37,44)(H,39,43)/b9-7-,20-8-,22-16-/t19-,21+,28-,29-,31+,33-/m1/s1. The van der Waals surface area contributed by atoms with Crippen LogP contribution in [0.25, 0.3) is 0 Å². The lowest BCUT2D eigenvalue weighted by molar-refractivity contribution is -0.120. The van der Waals surface area contributed by atoms with Gasteiger partial charge < -0.3 is 35.7 Å². The van der Waals surface area contributed by atoms with Crippen LogP contribution in [-0.2, 0) is 35.1 Å². The number of aliphatic hydroxyl groups excluding tert-OH is 1. The summed E-state index contributed by atoms with van der Waals surface area (Å²) in [5, 5.41) is 16.9. The second-order valence-corrected chi connectivity index (χ2v) is 11.9. The highest BCUT2D eigenvalue weighted by atomic mass is 19.1. The lowest BCUT2D eigenvalue weighted by Gasteiger charge is -2.30. The summed E-state index contributed by atoms with van der Waals surface area (Å²) >= 11 is 0. The van der Waals surface area contributed by atoms with Gasteiger partial charge in [0, 0.05) is 43.9 Å². The zero-order chi connectivity index (χ0) is 34.8. The fraction of sp³-hybridized carbons (Fsp3) is 0.429. The number of carbonyl (C=O) groups excluding carboxylic acids is 4. The number of nitrogens with one attached hydrogen (secondary N) is 2. The number of amides is 2. The number of ether oxygens (including phenoxy) is 3. The number of hydrogen-bond donors (Lipinski definition) is 4. The number of ketones is 2. The summed E-state index contributed by atoms with van der Waals surface area (Å²) in [5.41, 5.74) is 6.91. The summed E-state index contributed by atoms with van der Waals surface area (Å²) in [7, 11) is 2.89. The maximum absolute atomic E-state index is 13.8. The average Bonchev–Trinajstić information content (AvgIpc) is 3.02. The predicted molar refractivity (Wildman–Crippen MR) is 173 cm³/mol. The first-order valence-electron chi connectivity index (χ1n) is 15.3. The molecule has 3 rings (SSSR count). The van der Waals surface area contributed by atoms with Crippen LogP contribution < -0.4 is 16.4 Å². The van der Waals surface area contributed by atoms with Gasteiger partial charge in [-0.2, -0.15) is 0 Å². The van der Waals surface area contributed by atoms with Crippen LogP contribution in [-0.4, -0.2) is 67.3 Å². The van der Waals surface area contributed by atoms with E-state index in [-0.39, 0.29) is 41.4 Å². The molecule has 11 nitrogen and oxygen atoms in total. The lowest BCUT2D eigenvalue weighted by atomic mass is 9.85. The Labute approximate surface area is 274 Å². The fourth-order valence-electron chi connectivity index (χ4n) is 5.57. The second-order valence-electron chi connectivity index (χ2n) is 11.9. The van der Waals surface area contributed by atoms with E-state index < -0.39 is 59.7 Å². The van der Waals surface area contributed by atoms with Crippen molar-refractivity contribution in [3.05, 3.63) is 94.1 Å². The number of hydrogen-bond acceptors (Lipinski definition) is 9. The molecule has 0 radical (unpaired) electrons. The van der Waals surface area contributed by atoms with E-state index >= 15 is 0 Å². The number of allylic oxidation sites excluding steroid dienone is 4. The van der Waals surface area contributed by atoms with E-state index in [0.717, 1.165) is 6.08 Å². The van der Waals surface area contributed by atoms with E-state index in [0.29, 0.717) is 17.6 Å². The molecule has 254 valence electrons. The van der Waals surface area contributed by atoms with Gasteiger partial charge in [0.15, 0.2) is 6.10 Å². The Morgan fingerprint density at radius 3 is 2.40 bits per heavy atom. The maximum atomic E-state index is 13.8. The SMILES string of the molecule is CO[C@@H]1/C=C\C=C(\C)C(=O)NC2=CC(=O)C(NCc3ccc(F)cc3)=C(C[C@@H](C)C[C@@H](OC)[C@@H](O)[C@@H](C)/C=C(/C)[C@H]1OC(N)=O)C2=O. The Balaban J connectivity index is 2.06. The van der Waals surface area contributed by atoms with Gasteiger partial charge in [-0.1, -0.05) is 50.3 Å². The number of rotatable bonds is 6. The van der Waals surface area contributed by atoms with E-state index in [9.17, 15) is 28.7 Å². The minimum absolute atomic E-state index is 0.0813. The van der Waals surface area contributed by atoms with Crippen LogP contribution in [0.15, 0.2) is 82.8 Å². The van der Waals surface area contributed by atoms with Gasteiger partial charge in [-0.05, 0) is 55.9 Å². The monoisotopic (exact) mass is 653 g/mol. The van der Waals surface area contributed by atoms with Crippen molar-refractivity contribution in [3.63, 3.8) is 0 Å². The summed E-state index contributed by atoms with van der Waals surface area (Å²) in [6.07, 6.45) is 3.43. The molecule has 6 atom stereocenters. The molecule has 0 unspecified atom stereocenters. The molecule has 0 fully saturated rings. The van der Waals surface area contributed by atoms with Crippen LogP contribution in [0.2, 0.25) is 0 Å². The molecular formula is C35H44FN3O8. The molecule has 1 heterocycles. The van der Waals surface area contributed by atoms with Crippen LogP contribution in [0.5, 0.6) is 0 Å². The average molecular weight is 654 g/mol. The molecule has 1 aliphatic carbocycles. The number of benzene rings is 1. The van der Waals surface area contributed by atoms with Gasteiger partial charge in [0.2, 0.25) is 11.6 Å². The van der Waals surface area contributed by atoms with Gasteiger partial charge in [-0.25, -0.2) is 9.18 Å². The topological polar surface area (TPSA) is 166 Å². The van der Waals surface area contributed by atoms with Crippen molar-refractivity contribution in [2.24, 2.45) is 17.6 Å². The van der Waals surface area contributed by atoms with E-state index in [1.54, 1.807) is 38.1 Å². The van der Waals surface area contributed by atoms with E-state index in [1.807, 2.05) is 6.92 Å². The Morgan fingerprint density at radius 2 is 1.79 bits per heavy atom. The number of nitrogens with two attached hydrogens (primary N) is 1. The number of aliphatic hydroxyl groups is 1. The van der Waals surface area contributed by atoms with Gasteiger partial charge in [-0.3, -0.25) is 14.4 Å². The molecule has 2 amide bonds. The zero-order valence-electron chi connectivity index (χ0n) is 27.5. The molecule has 12 heteroatoms. The molecule has 47 heavy (non-hydrogen) atoms. The van der Waals surface area contributed by atoms with Gasteiger partial charge >= 0.3 is 6.09 Å². The summed E-state index contributed by atoms with van der Waals surface area (Å²) in [5.74, 6) is -2.78. The van der Waals surface area contributed by atoms with Crippen LogP contribution in [0.3, 0.4) is 0 Å². The molecular weight excluding hydrogens is 609 g/mol. The van der Waals surface area contributed by atoms with Crippen LogP contribution >= 0.6 is 0 Å². The van der Waals surface area contributed by atoms with Crippen molar-refractivity contribution in [2.75, 3.05) is 14.2 Å². The third kappa shape index (κ3) is 10.0. The Hall–Kier alpha value is -4.39. The first-order chi connectivity index (χ1) is 22.2. The summed E-state index contributed by atoms with van der Waals surface area (Å²) in [4.78, 5) is 52.1. The third-order valence-electron chi connectivity index (χ3n) is 8.18. The summed E-state index contributed by atoms with van der Waals surface area (Å²) < 4.78 is 30.1. The Morgan fingerprint density at radius 1 is 1.11 bits per heavy atom. The minimum atomic E-state index is -1.01. The zero-order valence-corrected chi connectivity index (χ0v) is 27.5. The van der Waals surface area contributed by atoms with Crippen molar-refractivity contribution in [3.8, 4) is 0 Å². The second kappa shape index (κ2) is 17.0. The van der Waals surface area contributed by atoms with Crippen LogP contribution in [0.4, 0.5) is 9.18 Å². The van der Waals surface area contributed by atoms with E-state index in [2.05, 4.69) is 10.6 Å². The summed E-state index contributed by atoms with van der Waals surface area (Å²) in [6, 6.07) is 5.74. The van der Waals surface area contributed by atoms with Gasteiger partial charge in [0.1, 0.15) is 11.9 Å². The highest BCUT2D eigenvalue weighted by molar-refractivity contribution is 6.23. The quantitative estimate of drug-likeness (QED) is 0.265. The van der Waals surface area contributed by atoms with Crippen molar-refractivity contribution in [1.29, 1.82) is 0 Å². The van der Waals surface area contributed by atoms with Gasteiger partial charge in [0.25, 0.3) is 5.91 Å². The molecule has 2 bridgehead atoms. The number of Topliss-reactive ketones (excluding diaryl/α,β-unsaturated/α-hetero) is 1. The van der Waals surface area contributed by atoms with Crippen LogP contribution in [0, 0.1) is 17.7 Å². The van der Waals surface area contributed by atoms with Gasteiger partial charge in [-0.15, -0.1) is 0 Å². The maximum Gasteiger partial charge on any atom is 0.405 e. The number of halogens is 1. The van der Waals surface area contributed by atoms with Crippen molar-refractivity contribution in [2.45, 2.75) is 71.5 Å². The van der Waals surface area contributed by atoms with Gasteiger partial charge in [0.05, 0.1) is 23.6 Å². The fourth-order valence-corrected chi connectivity index (χ4v) is 5.57. The molecule has 5 N–H and O–H groups in total. The van der Waals surface area contributed by atoms with Crippen LogP contribution in [0.1, 0.15) is 46.1 Å². The lowest BCUT2D eigenvalue weighted by Crippen LogP contribution is -2.37. The normalized spacial score (nSPS) is 29.5. The predicted octanol–water partition coefficient (Wildman–Crippen LogP) is 3.69. The molecule has 0 spiro atoms. The molecule has 0 saturated carbocycles. The smallest absolute Gasteiger partial charge is 0.405 e. The number of carbonyl (C=O) groups is 4. The highest BCUT2D eigenvalue weighted by Gasteiger charge is 2.33. The number of primary amides is 1. The van der Waals surface area contributed by atoms with Crippen molar-refractivity contribution in [1.82, 2.24) is 10.6 Å². The molecule has 1 aromatic rings.